The summed E-state index contributed by atoms with van der Waals surface area (Å²) in [7, 11) is 0. The van der Waals surface area contributed by atoms with E-state index in [1.165, 1.54) is 0 Å². The van der Waals surface area contributed by atoms with Gasteiger partial charge in [-0.2, -0.15) is 0 Å². The number of hydrogen-bond acceptors (Lipinski definition) is 7. The van der Waals surface area contributed by atoms with Crippen LogP contribution in [-0.4, -0.2) is 63.7 Å². The summed E-state index contributed by atoms with van der Waals surface area (Å²) in [5.41, 5.74) is 3.45. The van der Waals surface area contributed by atoms with Crippen LogP contribution >= 0.6 is 11.6 Å². The highest BCUT2D eigenvalue weighted by Gasteiger charge is 2.35. The molecule has 1 atom stereocenters. The van der Waals surface area contributed by atoms with Crippen molar-refractivity contribution in [2.45, 2.75) is 65.6 Å². The van der Waals surface area contributed by atoms with Crippen LogP contribution in [0.4, 0.5) is 16.3 Å². The molecule has 8 nitrogen and oxygen atoms in total. The molecule has 1 fully saturated rings. The van der Waals surface area contributed by atoms with Crippen molar-refractivity contribution in [3.63, 3.8) is 0 Å². The smallest absolute Gasteiger partial charge is 0.410 e. The normalized spacial score (nSPS) is 18.6. The van der Waals surface area contributed by atoms with Gasteiger partial charge in [-0.25, -0.2) is 9.78 Å². The number of ether oxygens (including phenoxy) is 2. The van der Waals surface area contributed by atoms with Gasteiger partial charge >= 0.3 is 6.09 Å². The lowest BCUT2D eigenvalue weighted by Crippen LogP contribution is -2.56. The number of hydrogen-bond donors (Lipinski definition) is 1. The molecular weight excluding hydrogens is 454 g/mol. The van der Waals surface area contributed by atoms with Crippen molar-refractivity contribution in [3.05, 3.63) is 40.3 Å². The Morgan fingerprint density at radius 3 is 2.79 bits per heavy atom. The molecule has 2 aromatic rings. The first-order valence-corrected chi connectivity index (χ1v) is 12.2. The van der Waals surface area contributed by atoms with Crippen LogP contribution in [0.5, 0.6) is 5.75 Å². The fourth-order valence-electron chi connectivity index (χ4n) is 4.34. The van der Waals surface area contributed by atoms with Crippen LogP contribution in [0.25, 0.3) is 0 Å². The Morgan fingerprint density at radius 1 is 1.32 bits per heavy atom. The molecular formula is C25H34ClN5O3. The summed E-state index contributed by atoms with van der Waals surface area (Å²) in [6.45, 7) is 14.9. The Hall–Kier alpha value is -2.58. The third-order valence-corrected chi connectivity index (χ3v) is 6.27. The Bertz CT molecular complexity index is 1070. The van der Waals surface area contributed by atoms with Crippen LogP contribution in [0.1, 0.15) is 57.4 Å². The van der Waals surface area contributed by atoms with Crippen LogP contribution in [0.15, 0.2) is 18.3 Å². The Kier molecular flexibility index (Phi) is 6.92. The van der Waals surface area contributed by atoms with Crippen LogP contribution < -0.4 is 10.1 Å². The third-order valence-electron chi connectivity index (χ3n) is 6.08. The molecule has 0 aliphatic carbocycles. The maximum Gasteiger partial charge on any atom is 0.410 e. The first-order chi connectivity index (χ1) is 16.0. The van der Waals surface area contributed by atoms with Gasteiger partial charge in [0.15, 0.2) is 0 Å². The quantitative estimate of drug-likeness (QED) is 0.602. The number of rotatable bonds is 3. The van der Waals surface area contributed by atoms with E-state index in [-0.39, 0.29) is 18.1 Å². The Morgan fingerprint density at radius 2 is 2.09 bits per heavy atom. The van der Waals surface area contributed by atoms with Gasteiger partial charge < -0.3 is 19.7 Å². The van der Waals surface area contributed by atoms with Gasteiger partial charge in [0, 0.05) is 38.4 Å². The molecule has 1 amide bonds. The summed E-state index contributed by atoms with van der Waals surface area (Å²) in [6.07, 6.45) is 1.55. The summed E-state index contributed by atoms with van der Waals surface area (Å²) in [5, 5.41) is 3.88. The zero-order valence-corrected chi connectivity index (χ0v) is 21.6. The number of halogens is 1. The molecule has 0 radical (unpaired) electrons. The summed E-state index contributed by atoms with van der Waals surface area (Å²) < 4.78 is 11.8. The highest BCUT2D eigenvalue weighted by atomic mass is 35.5. The lowest BCUT2D eigenvalue weighted by molar-refractivity contribution is -0.00153. The molecule has 1 saturated heterocycles. The predicted molar refractivity (Wildman–Crippen MR) is 133 cm³/mol. The number of piperazine rings is 1. The fraction of sp³-hybridized carbons (Fsp3) is 0.560. The van der Waals surface area contributed by atoms with Gasteiger partial charge in [0.25, 0.3) is 0 Å². The monoisotopic (exact) mass is 487 g/mol. The lowest BCUT2D eigenvalue weighted by Gasteiger charge is -2.40. The van der Waals surface area contributed by atoms with Crippen molar-refractivity contribution < 1.29 is 14.3 Å². The van der Waals surface area contributed by atoms with E-state index in [1.807, 2.05) is 33.0 Å². The van der Waals surface area contributed by atoms with Crippen LogP contribution in [-0.2, 0) is 11.3 Å². The molecule has 0 unspecified atom stereocenters. The largest absolute Gasteiger partial charge is 0.491 e. The number of aryl methyl sites for hydroxylation is 1. The Balaban J connectivity index is 1.59. The van der Waals surface area contributed by atoms with Gasteiger partial charge in [0.1, 0.15) is 28.9 Å². The number of carbonyl (C=O) groups excluding carboxylic acids is 1. The fourth-order valence-corrected chi connectivity index (χ4v) is 4.53. The van der Waals surface area contributed by atoms with Crippen LogP contribution in [0, 0.1) is 6.92 Å². The van der Waals surface area contributed by atoms with Crippen molar-refractivity contribution in [2.75, 3.05) is 31.6 Å². The molecule has 2 aromatic heterocycles. The average molecular weight is 488 g/mol. The highest BCUT2D eigenvalue weighted by molar-refractivity contribution is 6.29. The molecule has 4 rings (SSSR count). The second kappa shape index (κ2) is 9.58. The van der Waals surface area contributed by atoms with E-state index >= 15 is 0 Å². The minimum Gasteiger partial charge on any atom is -0.491 e. The zero-order valence-electron chi connectivity index (χ0n) is 20.8. The van der Waals surface area contributed by atoms with E-state index in [9.17, 15) is 4.79 Å². The SMILES string of the molecule is Cc1ccnc(C(C)C)c1Nc1nc(Cl)cc2c1CN1CCN(C(=O)OC(C)(C)C)C[C@@H]1CO2. The van der Waals surface area contributed by atoms with Crippen molar-refractivity contribution in [1.29, 1.82) is 0 Å². The molecule has 0 bridgehead atoms. The number of amides is 1. The van der Waals surface area contributed by atoms with E-state index in [4.69, 9.17) is 21.1 Å². The second-order valence-corrected chi connectivity index (χ2v) is 10.7. The van der Waals surface area contributed by atoms with Gasteiger partial charge in [0.05, 0.1) is 23.0 Å². The number of anilines is 2. The number of aromatic nitrogens is 2. The van der Waals surface area contributed by atoms with E-state index < -0.39 is 5.60 Å². The van der Waals surface area contributed by atoms with Crippen LogP contribution in [0.2, 0.25) is 5.15 Å². The number of pyridine rings is 2. The lowest BCUT2D eigenvalue weighted by atomic mass is 10.0. The molecule has 4 heterocycles. The molecule has 34 heavy (non-hydrogen) atoms. The second-order valence-electron chi connectivity index (χ2n) is 10.3. The van der Waals surface area contributed by atoms with E-state index in [0.717, 1.165) is 29.1 Å². The van der Waals surface area contributed by atoms with E-state index in [1.54, 1.807) is 11.0 Å². The molecule has 0 saturated carbocycles. The molecule has 0 aromatic carbocycles. The number of nitrogens with one attached hydrogen (secondary N) is 1. The standard InChI is InChI=1S/C25H34ClN5O3/c1-15(2)21-22(16(3)7-8-27-21)29-23-18-13-30-9-10-31(24(32)34-25(4,5)6)12-17(30)14-33-19(18)11-20(26)28-23/h7-8,11,15,17H,9-10,12-14H2,1-6H3,(H,28,29)/t17-/m1/s1. The minimum absolute atomic E-state index is 0.0478. The molecule has 184 valence electrons. The molecule has 0 spiro atoms. The average Bonchev–Trinajstić information content (AvgIpc) is 2.92. The van der Waals surface area contributed by atoms with Crippen LogP contribution in [0.3, 0.4) is 0 Å². The van der Waals surface area contributed by atoms with Gasteiger partial charge in [-0.1, -0.05) is 25.4 Å². The summed E-state index contributed by atoms with van der Waals surface area (Å²) in [5.74, 6) is 1.64. The van der Waals surface area contributed by atoms with Gasteiger partial charge in [-0.05, 0) is 45.2 Å². The number of fused-ring (bicyclic) bond motifs is 2. The molecule has 2 aliphatic rings. The third kappa shape index (κ3) is 5.39. The highest BCUT2D eigenvalue weighted by Crippen LogP contribution is 2.36. The van der Waals surface area contributed by atoms with Crippen molar-refractivity contribution in [1.82, 2.24) is 19.8 Å². The van der Waals surface area contributed by atoms with E-state index in [2.05, 4.69) is 41.0 Å². The number of carbonyl (C=O) groups is 1. The molecule has 9 heteroatoms. The topological polar surface area (TPSA) is 79.8 Å². The molecule has 2 aliphatic heterocycles. The number of nitrogens with zero attached hydrogens (tertiary/aromatic N) is 4. The minimum atomic E-state index is -0.521. The first kappa shape index (κ1) is 24.5. The zero-order chi connectivity index (χ0) is 24.6. The summed E-state index contributed by atoms with van der Waals surface area (Å²) in [4.78, 5) is 25.9. The summed E-state index contributed by atoms with van der Waals surface area (Å²) >= 11 is 6.39. The van der Waals surface area contributed by atoms with Crippen molar-refractivity contribution >= 4 is 29.2 Å². The van der Waals surface area contributed by atoms with E-state index in [0.29, 0.717) is 43.0 Å². The van der Waals surface area contributed by atoms with Crippen molar-refractivity contribution in [2.24, 2.45) is 0 Å². The van der Waals surface area contributed by atoms with Gasteiger partial charge in [-0.3, -0.25) is 9.88 Å². The summed E-state index contributed by atoms with van der Waals surface area (Å²) in [6, 6.07) is 3.80. The maximum absolute atomic E-state index is 12.6. The molecule has 1 N–H and O–H groups in total. The van der Waals surface area contributed by atoms with Crippen molar-refractivity contribution in [3.8, 4) is 5.75 Å². The first-order valence-electron chi connectivity index (χ1n) is 11.8. The Labute approximate surface area is 206 Å². The predicted octanol–water partition coefficient (Wildman–Crippen LogP) is 5.12. The van der Waals surface area contributed by atoms with Gasteiger partial charge in [0.2, 0.25) is 0 Å². The maximum atomic E-state index is 12.6. The van der Waals surface area contributed by atoms with Gasteiger partial charge in [-0.15, -0.1) is 0 Å².